The zero-order valence-corrected chi connectivity index (χ0v) is 16.8. The molecule has 0 atom stereocenters. The monoisotopic (exact) mass is 421 g/mol. The summed E-state index contributed by atoms with van der Waals surface area (Å²) in [4.78, 5) is 4.41. The maximum atomic E-state index is 5.90. The van der Waals surface area contributed by atoms with Gasteiger partial charge >= 0.3 is 0 Å². The van der Waals surface area contributed by atoms with Crippen molar-refractivity contribution in [2.45, 2.75) is 65.8 Å². The van der Waals surface area contributed by atoms with Crippen LogP contribution < -0.4 is 11.1 Å². The summed E-state index contributed by atoms with van der Waals surface area (Å²) in [6, 6.07) is 0. The Kier molecular flexibility index (Phi) is 11.3. The van der Waals surface area contributed by atoms with Gasteiger partial charge in [-0.2, -0.15) is 5.10 Å². The fourth-order valence-electron chi connectivity index (χ4n) is 2.39. The van der Waals surface area contributed by atoms with Gasteiger partial charge < -0.3 is 11.1 Å². The average Bonchev–Trinajstić information content (AvgIpc) is 2.69. The van der Waals surface area contributed by atoms with Crippen molar-refractivity contribution >= 4 is 29.9 Å². The smallest absolute Gasteiger partial charge is 0.188 e. The first-order valence-corrected chi connectivity index (χ1v) is 8.09. The number of guanidine groups is 1. The van der Waals surface area contributed by atoms with Gasteiger partial charge in [0.1, 0.15) is 0 Å². The third-order valence-corrected chi connectivity index (χ3v) is 3.90. The highest BCUT2D eigenvalue weighted by Gasteiger charge is 2.08. The lowest BCUT2D eigenvalue weighted by molar-refractivity contribution is 0.601. The van der Waals surface area contributed by atoms with E-state index in [2.05, 4.69) is 29.3 Å². The molecule has 0 aliphatic heterocycles. The summed E-state index contributed by atoms with van der Waals surface area (Å²) in [5.74, 6) is 0.534. The predicted octanol–water partition coefficient (Wildman–Crippen LogP) is 3.42. The number of nitrogens with two attached hydrogens (primary N) is 1. The first-order valence-electron chi connectivity index (χ1n) is 8.09. The molecule has 22 heavy (non-hydrogen) atoms. The van der Waals surface area contributed by atoms with Crippen molar-refractivity contribution in [1.82, 2.24) is 15.1 Å². The van der Waals surface area contributed by atoms with Crippen LogP contribution >= 0.6 is 24.0 Å². The molecule has 0 spiro atoms. The van der Waals surface area contributed by atoms with E-state index < -0.39 is 0 Å². The van der Waals surface area contributed by atoms with Gasteiger partial charge in [0.25, 0.3) is 0 Å². The van der Waals surface area contributed by atoms with Gasteiger partial charge in [0, 0.05) is 24.8 Å². The molecule has 0 fully saturated rings. The van der Waals surface area contributed by atoms with Gasteiger partial charge in [-0.25, -0.2) is 4.99 Å². The lowest BCUT2D eigenvalue weighted by Crippen LogP contribution is -2.32. The van der Waals surface area contributed by atoms with E-state index in [0.29, 0.717) is 12.5 Å². The fraction of sp³-hybridized carbons (Fsp3) is 0.750. The molecule has 0 amide bonds. The highest BCUT2D eigenvalue weighted by molar-refractivity contribution is 14.0. The van der Waals surface area contributed by atoms with Gasteiger partial charge in [-0.3, -0.25) is 4.68 Å². The van der Waals surface area contributed by atoms with E-state index >= 15 is 0 Å². The molecule has 0 bridgehead atoms. The molecule has 1 heterocycles. The minimum absolute atomic E-state index is 0. The molecule has 0 saturated carbocycles. The van der Waals surface area contributed by atoms with Crippen molar-refractivity contribution in [2.24, 2.45) is 17.8 Å². The quantitative estimate of drug-likeness (QED) is 0.278. The number of aryl methyl sites for hydroxylation is 2. The van der Waals surface area contributed by atoms with Gasteiger partial charge in [-0.1, -0.05) is 39.0 Å². The van der Waals surface area contributed by atoms with Crippen LogP contribution in [0.15, 0.2) is 4.99 Å². The Morgan fingerprint density at radius 1 is 1.18 bits per heavy atom. The largest absolute Gasteiger partial charge is 0.370 e. The van der Waals surface area contributed by atoms with Crippen LogP contribution in [0.2, 0.25) is 0 Å². The molecule has 0 unspecified atom stereocenters. The Labute approximate surface area is 152 Å². The minimum Gasteiger partial charge on any atom is -0.370 e. The van der Waals surface area contributed by atoms with E-state index in [0.717, 1.165) is 24.4 Å². The molecule has 0 aromatic carbocycles. The topological polar surface area (TPSA) is 68.2 Å². The first kappa shape index (κ1) is 21.2. The van der Waals surface area contributed by atoms with Crippen molar-refractivity contribution in [3.05, 3.63) is 17.0 Å². The number of rotatable bonds is 9. The van der Waals surface area contributed by atoms with E-state index in [1.807, 2.05) is 18.7 Å². The zero-order chi connectivity index (χ0) is 15.7. The van der Waals surface area contributed by atoms with Gasteiger partial charge in [0.2, 0.25) is 0 Å². The summed E-state index contributed by atoms with van der Waals surface area (Å²) in [6.45, 7) is 7.82. The van der Waals surface area contributed by atoms with E-state index in [9.17, 15) is 0 Å². The van der Waals surface area contributed by atoms with Gasteiger partial charge in [-0.15, -0.1) is 24.0 Å². The molecule has 1 rings (SSSR count). The third-order valence-electron chi connectivity index (χ3n) is 3.90. The number of aliphatic imine (C=N–C) groups is 1. The molecule has 0 aliphatic rings. The maximum Gasteiger partial charge on any atom is 0.188 e. The van der Waals surface area contributed by atoms with Crippen molar-refractivity contribution in [2.75, 3.05) is 6.54 Å². The highest BCUT2D eigenvalue weighted by Crippen LogP contribution is 2.12. The van der Waals surface area contributed by atoms with E-state index in [1.54, 1.807) is 0 Å². The average molecular weight is 421 g/mol. The predicted molar refractivity (Wildman–Crippen MR) is 105 cm³/mol. The second-order valence-corrected chi connectivity index (χ2v) is 5.67. The molecule has 128 valence electrons. The molecule has 3 N–H and O–H groups in total. The Balaban J connectivity index is 0.00000441. The molecular formula is C16H32IN5. The number of halogens is 1. The molecule has 1 aromatic heterocycles. The van der Waals surface area contributed by atoms with E-state index in [-0.39, 0.29) is 24.0 Å². The normalized spacial score (nSPS) is 11.4. The Bertz CT molecular complexity index is 454. The number of hydrogen-bond acceptors (Lipinski definition) is 2. The van der Waals surface area contributed by atoms with Crippen LogP contribution in [0.1, 0.15) is 62.4 Å². The molecule has 0 aliphatic carbocycles. The molecular weight excluding hydrogens is 389 g/mol. The zero-order valence-electron chi connectivity index (χ0n) is 14.5. The van der Waals surface area contributed by atoms with Crippen LogP contribution in [0.4, 0.5) is 0 Å². The van der Waals surface area contributed by atoms with Crippen LogP contribution in [0.25, 0.3) is 0 Å². The second kappa shape index (κ2) is 11.7. The number of aromatic nitrogens is 2. The second-order valence-electron chi connectivity index (χ2n) is 5.67. The third kappa shape index (κ3) is 7.47. The van der Waals surface area contributed by atoms with E-state index in [4.69, 9.17) is 5.73 Å². The minimum atomic E-state index is 0. The van der Waals surface area contributed by atoms with Crippen LogP contribution in [0.5, 0.6) is 0 Å². The molecule has 0 radical (unpaired) electrons. The van der Waals surface area contributed by atoms with Crippen molar-refractivity contribution in [3.8, 4) is 0 Å². The van der Waals surface area contributed by atoms with Crippen LogP contribution in [-0.2, 0) is 13.6 Å². The summed E-state index contributed by atoms with van der Waals surface area (Å²) in [6.07, 6.45) is 7.73. The van der Waals surface area contributed by atoms with Crippen LogP contribution in [-0.4, -0.2) is 22.3 Å². The Hall–Kier alpha value is -0.790. The summed E-state index contributed by atoms with van der Waals surface area (Å²) < 4.78 is 1.89. The fourth-order valence-corrected chi connectivity index (χ4v) is 2.39. The Morgan fingerprint density at radius 2 is 1.82 bits per heavy atom. The standard InChI is InChI=1S/C16H31N5.HI/c1-5-6-7-8-9-10-11-18-16(17)19-12-15-13(2)20-21(4)14(15)3;/h5-12H2,1-4H3,(H3,17,18,19);1H. The number of unbranched alkanes of at least 4 members (excludes halogenated alkanes) is 5. The van der Waals surface area contributed by atoms with Crippen molar-refractivity contribution in [1.29, 1.82) is 0 Å². The summed E-state index contributed by atoms with van der Waals surface area (Å²) in [5, 5.41) is 7.58. The van der Waals surface area contributed by atoms with Gasteiger partial charge in [0.15, 0.2) is 5.96 Å². The van der Waals surface area contributed by atoms with Crippen LogP contribution in [0, 0.1) is 13.8 Å². The molecule has 1 aromatic rings. The van der Waals surface area contributed by atoms with Crippen LogP contribution in [0.3, 0.4) is 0 Å². The Morgan fingerprint density at radius 3 is 2.41 bits per heavy atom. The van der Waals surface area contributed by atoms with Crippen molar-refractivity contribution < 1.29 is 0 Å². The van der Waals surface area contributed by atoms with Gasteiger partial charge in [0.05, 0.1) is 12.2 Å². The van der Waals surface area contributed by atoms with Gasteiger partial charge in [-0.05, 0) is 20.3 Å². The summed E-state index contributed by atoms with van der Waals surface area (Å²) in [5.41, 5.74) is 9.25. The molecule has 5 nitrogen and oxygen atoms in total. The first-order chi connectivity index (χ1) is 10.1. The lowest BCUT2D eigenvalue weighted by atomic mass is 10.1. The molecule has 6 heteroatoms. The summed E-state index contributed by atoms with van der Waals surface area (Å²) in [7, 11) is 1.95. The number of nitrogens with one attached hydrogen (secondary N) is 1. The lowest BCUT2D eigenvalue weighted by Gasteiger charge is -2.06. The molecule has 0 saturated heterocycles. The highest BCUT2D eigenvalue weighted by atomic mass is 127. The van der Waals surface area contributed by atoms with E-state index in [1.165, 1.54) is 37.7 Å². The number of hydrogen-bond donors (Lipinski definition) is 2. The number of nitrogens with zero attached hydrogens (tertiary/aromatic N) is 3. The SMILES string of the molecule is CCCCCCCCNC(N)=NCc1c(C)nn(C)c1C.I. The van der Waals surface area contributed by atoms with Crippen molar-refractivity contribution in [3.63, 3.8) is 0 Å². The summed E-state index contributed by atoms with van der Waals surface area (Å²) >= 11 is 0. The maximum absolute atomic E-state index is 5.90.